The van der Waals surface area contributed by atoms with E-state index >= 15 is 0 Å². The summed E-state index contributed by atoms with van der Waals surface area (Å²) in [5.74, 6) is 1.84. The van der Waals surface area contributed by atoms with Crippen LogP contribution in [0.25, 0.3) is 0 Å². The highest BCUT2D eigenvalue weighted by molar-refractivity contribution is 4.84. The first-order valence-electron chi connectivity index (χ1n) is 8.17. The molecule has 0 bridgehead atoms. The summed E-state index contributed by atoms with van der Waals surface area (Å²) >= 11 is 0. The van der Waals surface area contributed by atoms with E-state index in [-0.39, 0.29) is 0 Å². The Bertz CT molecular complexity index is 233. The van der Waals surface area contributed by atoms with Crippen LogP contribution < -0.4 is 5.32 Å². The second-order valence-corrected chi connectivity index (χ2v) is 6.70. The standard InChI is InChI=1S/C16H32N2/c1-4-18-10-8-15(9-11-18)14(3)17-16-7-5-6-13(2)12-16/h13-17H,4-12H2,1-3H3. The largest absolute Gasteiger partial charge is 0.311 e. The Hall–Kier alpha value is -0.0800. The molecule has 2 aliphatic rings. The van der Waals surface area contributed by atoms with Gasteiger partial charge in [-0.15, -0.1) is 0 Å². The molecule has 0 aromatic heterocycles. The molecule has 0 aromatic carbocycles. The van der Waals surface area contributed by atoms with E-state index in [0.717, 1.165) is 23.9 Å². The van der Waals surface area contributed by atoms with Crippen molar-refractivity contribution in [1.82, 2.24) is 10.2 Å². The minimum atomic E-state index is 0.722. The van der Waals surface area contributed by atoms with Gasteiger partial charge in [0.1, 0.15) is 0 Å². The maximum Gasteiger partial charge on any atom is 0.00721 e. The van der Waals surface area contributed by atoms with E-state index in [1.165, 1.54) is 58.2 Å². The summed E-state index contributed by atoms with van der Waals surface area (Å²) in [5, 5.41) is 3.93. The Labute approximate surface area is 114 Å². The first-order chi connectivity index (χ1) is 8.69. The molecule has 0 radical (unpaired) electrons. The van der Waals surface area contributed by atoms with E-state index in [1.807, 2.05) is 0 Å². The second-order valence-electron chi connectivity index (χ2n) is 6.70. The van der Waals surface area contributed by atoms with Crippen LogP contribution in [0.15, 0.2) is 0 Å². The summed E-state index contributed by atoms with van der Waals surface area (Å²) in [6, 6.07) is 1.52. The molecule has 2 heteroatoms. The van der Waals surface area contributed by atoms with Crippen molar-refractivity contribution in [3.8, 4) is 0 Å². The minimum Gasteiger partial charge on any atom is -0.311 e. The van der Waals surface area contributed by atoms with E-state index < -0.39 is 0 Å². The summed E-state index contributed by atoms with van der Waals surface area (Å²) < 4.78 is 0. The molecule has 1 aliphatic heterocycles. The van der Waals surface area contributed by atoms with E-state index in [1.54, 1.807) is 0 Å². The maximum atomic E-state index is 3.93. The molecule has 0 spiro atoms. The number of nitrogens with one attached hydrogen (secondary N) is 1. The van der Waals surface area contributed by atoms with Gasteiger partial charge in [-0.05, 0) is 64.1 Å². The fourth-order valence-electron chi connectivity index (χ4n) is 3.86. The van der Waals surface area contributed by atoms with Gasteiger partial charge in [0, 0.05) is 12.1 Å². The van der Waals surface area contributed by atoms with E-state index in [9.17, 15) is 0 Å². The van der Waals surface area contributed by atoms with Crippen molar-refractivity contribution >= 4 is 0 Å². The van der Waals surface area contributed by atoms with Gasteiger partial charge in [-0.2, -0.15) is 0 Å². The van der Waals surface area contributed by atoms with E-state index in [4.69, 9.17) is 0 Å². The van der Waals surface area contributed by atoms with Gasteiger partial charge >= 0.3 is 0 Å². The molecule has 1 N–H and O–H groups in total. The first kappa shape index (κ1) is 14.3. The molecule has 2 rings (SSSR count). The van der Waals surface area contributed by atoms with Gasteiger partial charge in [-0.3, -0.25) is 0 Å². The van der Waals surface area contributed by atoms with Crippen molar-refractivity contribution < 1.29 is 0 Å². The normalized spacial score (nSPS) is 33.5. The van der Waals surface area contributed by atoms with Gasteiger partial charge in [0.2, 0.25) is 0 Å². The summed E-state index contributed by atoms with van der Waals surface area (Å²) in [6.45, 7) is 11.0. The van der Waals surface area contributed by atoms with Crippen LogP contribution in [0.5, 0.6) is 0 Å². The molecule has 18 heavy (non-hydrogen) atoms. The lowest BCUT2D eigenvalue weighted by molar-refractivity contribution is 0.157. The Morgan fingerprint density at radius 2 is 1.89 bits per heavy atom. The fraction of sp³-hybridized carbons (Fsp3) is 1.00. The molecule has 3 atom stereocenters. The predicted molar refractivity (Wildman–Crippen MR) is 78.9 cm³/mol. The molecule has 2 fully saturated rings. The van der Waals surface area contributed by atoms with Crippen molar-refractivity contribution in [3.05, 3.63) is 0 Å². The van der Waals surface area contributed by atoms with Crippen molar-refractivity contribution in [2.24, 2.45) is 11.8 Å². The molecule has 0 amide bonds. The molecule has 1 heterocycles. The zero-order valence-electron chi connectivity index (χ0n) is 12.6. The molecule has 0 aromatic rings. The molecule has 3 unspecified atom stereocenters. The number of hydrogen-bond acceptors (Lipinski definition) is 2. The van der Waals surface area contributed by atoms with E-state index in [0.29, 0.717) is 0 Å². The SMILES string of the molecule is CCN1CCC(C(C)NC2CCCC(C)C2)CC1. The van der Waals surface area contributed by atoms with Gasteiger partial charge < -0.3 is 10.2 Å². The quantitative estimate of drug-likeness (QED) is 0.826. The highest BCUT2D eigenvalue weighted by atomic mass is 15.1. The van der Waals surface area contributed by atoms with Crippen LogP contribution in [-0.2, 0) is 0 Å². The molecule has 1 saturated heterocycles. The number of nitrogens with zero attached hydrogens (tertiary/aromatic N) is 1. The third-order valence-electron chi connectivity index (χ3n) is 5.22. The van der Waals surface area contributed by atoms with Gasteiger partial charge in [0.15, 0.2) is 0 Å². The van der Waals surface area contributed by atoms with Crippen LogP contribution in [0.3, 0.4) is 0 Å². The zero-order chi connectivity index (χ0) is 13.0. The van der Waals surface area contributed by atoms with E-state index in [2.05, 4.69) is 31.0 Å². The minimum absolute atomic E-state index is 0.722. The Balaban J connectivity index is 1.72. The lowest BCUT2D eigenvalue weighted by atomic mass is 9.84. The van der Waals surface area contributed by atoms with Gasteiger partial charge in [0.25, 0.3) is 0 Å². The number of rotatable bonds is 4. The molecule has 106 valence electrons. The molecular formula is C16H32N2. The number of piperidine rings is 1. The van der Waals surface area contributed by atoms with Gasteiger partial charge in [-0.25, -0.2) is 0 Å². The lowest BCUT2D eigenvalue weighted by Gasteiger charge is -2.37. The van der Waals surface area contributed by atoms with Crippen LogP contribution in [0, 0.1) is 11.8 Å². The lowest BCUT2D eigenvalue weighted by Crippen LogP contribution is -2.46. The third-order valence-corrected chi connectivity index (χ3v) is 5.22. The fourth-order valence-corrected chi connectivity index (χ4v) is 3.86. The van der Waals surface area contributed by atoms with Crippen molar-refractivity contribution in [2.75, 3.05) is 19.6 Å². The van der Waals surface area contributed by atoms with Crippen molar-refractivity contribution in [3.63, 3.8) is 0 Å². The van der Waals surface area contributed by atoms with Crippen molar-refractivity contribution in [2.45, 2.75) is 71.4 Å². The molecule has 2 nitrogen and oxygen atoms in total. The molecular weight excluding hydrogens is 220 g/mol. The third kappa shape index (κ3) is 3.96. The van der Waals surface area contributed by atoms with Crippen molar-refractivity contribution in [1.29, 1.82) is 0 Å². The van der Waals surface area contributed by atoms with Gasteiger partial charge in [0.05, 0.1) is 0 Å². The molecule has 1 aliphatic carbocycles. The topological polar surface area (TPSA) is 15.3 Å². The smallest absolute Gasteiger partial charge is 0.00721 e. The molecule has 1 saturated carbocycles. The highest BCUT2D eigenvalue weighted by Crippen LogP contribution is 2.26. The average molecular weight is 252 g/mol. The van der Waals surface area contributed by atoms with Crippen LogP contribution >= 0.6 is 0 Å². The Morgan fingerprint density at radius 3 is 2.50 bits per heavy atom. The Morgan fingerprint density at radius 1 is 1.17 bits per heavy atom. The summed E-state index contributed by atoms with van der Waals surface area (Å²) in [6.07, 6.45) is 8.47. The number of hydrogen-bond donors (Lipinski definition) is 1. The number of likely N-dealkylation sites (tertiary alicyclic amines) is 1. The Kier molecular flexibility index (Phi) is 5.50. The van der Waals surface area contributed by atoms with Crippen LogP contribution in [0.4, 0.5) is 0 Å². The summed E-state index contributed by atoms with van der Waals surface area (Å²) in [7, 11) is 0. The monoisotopic (exact) mass is 252 g/mol. The maximum absolute atomic E-state index is 3.93. The first-order valence-corrected chi connectivity index (χ1v) is 8.17. The van der Waals surface area contributed by atoms with Crippen LogP contribution in [0.1, 0.15) is 59.3 Å². The van der Waals surface area contributed by atoms with Gasteiger partial charge in [-0.1, -0.05) is 26.7 Å². The van der Waals surface area contributed by atoms with Crippen LogP contribution in [-0.4, -0.2) is 36.6 Å². The zero-order valence-corrected chi connectivity index (χ0v) is 12.6. The van der Waals surface area contributed by atoms with Crippen LogP contribution in [0.2, 0.25) is 0 Å². The highest BCUT2D eigenvalue weighted by Gasteiger charge is 2.26. The average Bonchev–Trinajstić information content (AvgIpc) is 2.39. The summed E-state index contributed by atoms with van der Waals surface area (Å²) in [4.78, 5) is 2.59. The summed E-state index contributed by atoms with van der Waals surface area (Å²) in [5.41, 5.74) is 0. The second kappa shape index (κ2) is 6.91. The predicted octanol–water partition coefficient (Wildman–Crippen LogP) is 3.28.